The van der Waals surface area contributed by atoms with Crippen LogP contribution < -0.4 is 16.1 Å². The monoisotopic (exact) mass is 342 g/mol. The van der Waals surface area contributed by atoms with Crippen molar-refractivity contribution in [1.82, 2.24) is 14.0 Å². The number of amides is 1. The molecule has 2 heterocycles. The van der Waals surface area contributed by atoms with E-state index in [1.165, 1.54) is 17.7 Å². The van der Waals surface area contributed by atoms with Gasteiger partial charge in [-0.1, -0.05) is 18.2 Å². The molecule has 7 nitrogen and oxygen atoms in total. The van der Waals surface area contributed by atoms with Gasteiger partial charge in [0.1, 0.15) is 5.82 Å². The van der Waals surface area contributed by atoms with Crippen LogP contribution in [0, 0.1) is 6.92 Å². The zero-order valence-electron chi connectivity index (χ0n) is 14.7. The molecule has 2 aromatic rings. The van der Waals surface area contributed by atoms with E-state index in [9.17, 15) is 14.4 Å². The standard InChI is InChI=1S/C18H22N4O3/c1-13-6-4-5-7-14(13)17(24)22-10-8-21(9-11-22)15-12-16(23)20(3)18(25)19(15)2/h4-7,12H,8-11H2,1-3H3. The molecule has 3 rings (SSSR count). The first kappa shape index (κ1) is 17.0. The minimum Gasteiger partial charge on any atom is -0.354 e. The van der Waals surface area contributed by atoms with E-state index in [1.54, 1.807) is 7.05 Å². The van der Waals surface area contributed by atoms with E-state index in [0.717, 1.165) is 15.7 Å². The van der Waals surface area contributed by atoms with Gasteiger partial charge in [0.25, 0.3) is 11.5 Å². The fraction of sp³-hybridized carbons (Fsp3) is 0.389. The van der Waals surface area contributed by atoms with Crippen LogP contribution in [0.3, 0.4) is 0 Å². The predicted octanol–water partition coefficient (Wildman–Crippen LogP) is 0.355. The summed E-state index contributed by atoms with van der Waals surface area (Å²) in [6.07, 6.45) is 0. The normalized spacial score (nSPS) is 14.7. The van der Waals surface area contributed by atoms with Gasteiger partial charge in [-0.15, -0.1) is 0 Å². The van der Waals surface area contributed by atoms with Gasteiger partial charge < -0.3 is 9.80 Å². The van der Waals surface area contributed by atoms with Gasteiger partial charge in [-0.25, -0.2) is 4.79 Å². The van der Waals surface area contributed by atoms with Gasteiger partial charge in [0, 0.05) is 51.9 Å². The highest BCUT2D eigenvalue weighted by molar-refractivity contribution is 5.95. The molecular formula is C18H22N4O3. The first-order valence-electron chi connectivity index (χ1n) is 8.27. The Labute approximate surface area is 145 Å². The van der Waals surface area contributed by atoms with Crippen molar-refractivity contribution in [2.75, 3.05) is 31.1 Å². The fourth-order valence-corrected chi connectivity index (χ4v) is 3.15. The van der Waals surface area contributed by atoms with Crippen LogP contribution in [0.15, 0.2) is 39.9 Å². The van der Waals surface area contributed by atoms with Crippen LogP contribution in [0.4, 0.5) is 5.82 Å². The highest BCUT2D eigenvalue weighted by Gasteiger charge is 2.24. The molecular weight excluding hydrogens is 320 g/mol. The number of anilines is 1. The number of aromatic nitrogens is 2. The molecule has 1 aromatic heterocycles. The maximum atomic E-state index is 12.7. The maximum absolute atomic E-state index is 12.7. The quantitative estimate of drug-likeness (QED) is 0.790. The first-order valence-corrected chi connectivity index (χ1v) is 8.27. The van der Waals surface area contributed by atoms with Gasteiger partial charge >= 0.3 is 5.69 Å². The molecule has 0 unspecified atom stereocenters. The van der Waals surface area contributed by atoms with Crippen molar-refractivity contribution in [3.05, 3.63) is 62.3 Å². The van der Waals surface area contributed by atoms with E-state index >= 15 is 0 Å². The summed E-state index contributed by atoms with van der Waals surface area (Å²) in [5.74, 6) is 0.617. The summed E-state index contributed by atoms with van der Waals surface area (Å²) in [4.78, 5) is 40.5. The molecule has 1 aliphatic rings. The molecule has 25 heavy (non-hydrogen) atoms. The minimum atomic E-state index is -0.346. The van der Waals surface area contributed by atoms with E-state index in [0.29, 0.717) is 32.0 Å². The van der Waals surface area contributed by atoms with Crippen LogP contribution in [0.25, 0.3) is 0 Å². The van der Waals surface area contributed by atoms with Crippen LogP contribution in [-0.4, -0.2) is 46.1 Å². The Hall–Kier alpha value is -2.83. The zero-order chi connectivity index (χ0) is 18.1. The molecule has 1 saturated heterocycles. The number of benzene rings is 1. The minimum absolute atomic E-state index is 0.0237. The lowest BCUT2D eigenvalue weighted by Crippen LogP contribution is -2.51. The van der Waals surface area contributed by atoms with Gasteiger partial charge in [0.15, 0.2) is 0 Å². The largest absolute Gasteiger partial charge is 0.354 e. The molecule has 0 bridgehead atoms. The number of aryl methyl sites for hydroxylation is 1. The van der Waals surface area contributed by atoms with E-state index in [2.05, 4.69) is 0 Å². The SMILES string of the molecule is Cc1ccccc1C(=O)N1CCN(c2cc(=O)n(C)c(=O)n2C)CC1. The van der Waals surface area contributed by atoms with Crippen molar-refractivity contribution in [2.45, 2.75) is 6.92 Å². The van der Waals surface area contributed by atoms with Crippen LogP contribution in [0.2, 0.25) is 0 Å². The van der Waals surface area contributed by atoms with E-state index in [1.807, 2.05) is 41.0 Å². The van der Waals surface area contributed by atoms with Crippen LogP contribution in [0.1, 0.15) is 15.9 Å². The summed E-state index contributed by atoms with van der Waals surface area (Å²) in [6, 6.07) is 9.03. The van der Waals surface area contributed by atoms with Crippen molar-refractivity contribution >= 4 is 11.7 Å². The van der Waals surface area contributed by atoms with Crippen molar-refractivity contribution < 1.29 is 4.79 Å². The summed E-state index contributed by atoms with van der Waals surface area (Å²) < 4.78 is 2.56. The van der Waals surface area contributed by atoms with Gasteiger partial charge in [0.05, 0.1) is 0 Å². The zero-order valence-corrected chi connectivity index (χ0v) is 14.7. The highest BCUT2D eigenvalue weighted by Crippen LogP contribution is 2.16. The van der Waals surface area contributed by atoms with Crippen LogP contribution in [-0.2, 0) is 14.1 Å². The van der Waals surface area contributed by atoms with E-state index in [4.69, 9.17) is 0 Å². The summed E-state index contributed by atoms with van der Waals surface area (Å²) >= 11 is 0. The number of carbonyl (C=O) groups is 1. The molecule has 1 fully saturated rings. The first-order chi connectivity index (χ1) is 11.9. The molecule has 0 radical (unpaired) electrons. The molecule has 0 aliphatic carbocycles. The van der Waals surface area contributed by atoms with E-state index < -0.39 is 0 Å². The fourth-order valence-electron chi connectivity index (χ4n) is 3.15. The number of rotatable bonds is 2. The summed E-state index contributed by atoms with van der Waals surface area (Å²) in [5.41, 5.74) is 1.01. The van der Waals surface area contributed by atoms with Gasteiger partial charge in [0.2, 0.25) is 0 Å². The lowest BCUT2D eigenvalue weighted by atomic mass is 10.1. The highest BCUT2D eigenvalue weighted by atomic mass is 16.2. The number of carbonyl (C=O) groups excluding carboxylic acids is 1. The molecule has 1 aliphatic heterocycles. The summed E-state index contributed by atoms with van der Waals surface area (Å²) in [7, 11) is 3.12. The Kier molecular flexibility index (Phi) is 4.48. The molecule has 7 heteroatoms. The molecule has 0 N–H and O–H groups in total. The third-order valence-electron chi connectivity index (χ3n) is 4.77. The second-order valence-electron chi connectivity index (χ2n) is 6.34. The Morgan fingerprint density at radius 1 is 0.960 bits per heavy atom. The molecule has 132 valence electrons. The molecule has 0 atom stereocenters. The number of nitrogens with zero attached hydrogens (tertiary/aromatic N) is 4. The van der Waals surface area contributed by atoms with Gasteiger partial charge in [-0.3, -0.25) is 18.7 Å². The molecule has 0 saturated carbocycles. The predicted molar refractivity (Wildman–Crippen MR) is 96.2 cm³/mol. The Morgan fingerprint density at radius 2 is 1.60 bits per heavy atom. The topological polar surface area (TPSA) is 67.6 Å². The summed E-state index contributed by atoms with van der Waals surface area (Å²) in [6.45, 7) is 4.20. The Balaban J connectivity index is 1.77. The maximum Gasteiger partial charge on any atom is 0.332 e. The average molecular weight is 342 g/mol. The van der Waals surface area contributed by atoms with E-state index in [-0.39, 0.29) is 17.2 Å². The summed E-state index contributed by atoms with van der Waals surface area (Å²) in [5, 5.41) is 0. The Bertz CT molecular complexity index is 921. The number of hydrogen-bond donors (Lipinski definition) is 0. The van der Waals surface area contributed by atoms with Crippen molar-refractivity contribution in [2.24, 2.45) is 14.1 Å². The lowest BCUT2D eigenvalue weighted by Gasteiger charge is -2.36. The second kappa shape index (κ2) is 6.58. The molecule has 1 aromatic carbocycles. The Morgan fingerprint density at radius 3 is 2.24 bits per heavy atom. The number of piperazine rings is 1. The van der Waals surface area contributed by atoms with Crippen molar-refractivity contribution in [3.63, 3.8) is 0 Å². The second-order valence-corrected chi connectivity index (χ2v) is 6.34. The average Bonchev–Trinajstić information content (AvgIpc) is 2.63. The van der Waals surface area contributed by atoms with Gasteiger partial charge in [-0.05, 0) is 18.6 Å². The third kappa shape index (κ3) is 3.09. The van der Waals surface area contributed by atoms with Crippen molar-refractivity contribution in [3.8, 4) is 0 Å². The third-order valence-corrected chi connectivity index (χ3v) is 4.77. The van der Waals surface area contributed by atoms with Crippen LogP contribution in [0.5, 0.6) is 0 Å². The lowest BCUT2D eigenvalue weighted by molar-refractivity contribution is 0.0745. The van der Waals surface area contributed by atoms with Crippen molar-refractivity contribution in [1.29, 1.82) is 0 Å². The smallest absolute Gasteiger partial charge is 0.332 e. The number of hydrogen-bond acceptors (Lipinski definition) is 4. The van der Waals surface area contributed by atoms with Gasteiger partial charge in [-0.2, -0.15) is 0 Å². The van der Waals surface area contributed by atoms with Crippen LogP contribution >= 0.6 is 0 Å². The molecule has 0 spiro atoms. The molecule has 1 amide bonds.